The van der Waals surface area contributed by atoms with Crippen LogP contribution in [0.25, 0.3) is 21.5 Å². The third-order valence-electron chi connectivity index (χ3n) is 4.62. The Bertz CT molecular complexity index is 1410. The second-order valence-corrected chi connectivity index (χ2v) is 9.43. The molecule has 1 aromatic carbocycles. The van der Waals surface area contributed by atoms with Crippen molar-refractivity contribution in [2.75, 3.05) is 0 Å². The molecule has 1 atom stereocenters. The molecule has 8 nitrogen and oxygen atoms in total. The Morgan fingerprint density at radius 3 is 2.88 bits per heavy atom. The maximum atomic E-state index is 12.8. The molecule has 0 aliphatic carbocycles. The van der Waals surface area contributed by atoms with Crippen LogP contribution in [0.4, 0.5) is 0 Å². The molecule has 0 radical (unpaired) electrons. The zero-order chi connectivity index (χ0) is 22.1. The highest BCUT2D eigenvalue weighted by atomic mass is 35.5. The summed E-state index contributed by atoms with van der Waals surface area (Å²) in [5.41, 5.74) is 0.548. The second-order valence-electron chi connectivity index (χ2n) is 6.83. The molecule has 0 saturated heterocycles. The molecule has 4 heterocycles. The molecule has 0 amide bonds. The molecule has 0 spiro atoms. The topological polar surface area (TPSA) is 110 Å². The number of rotatable bonds is 7. The first-order valence-corrected chi connectivity index (χ1v) is 11.7. The van der Waals surface area contributed by atoms with Crippen molar-refractivity contribution in [3.63, 3.8) is 0 Å². The predicted molar refractivity (Wildman–Crippen MR) is 124 cm³/mol. The van der Waals surface area contributed by atoms with Gasteiger partial charge in [0.15, 0.2) is 5.82 Å². The Morgan fingerprint density at radius 2 is 2.09 bits per heavy atom. The van der Waals surface area contributed by atoms with Gasteiger partial charge in [0.2, 0.25) is 5.16 Å². The van der Waals surface area contributed by atoms with E-state index >= 15 is 0 Å². The third-order valence-corrected chi connectivity index (χ3v) is 6.71. The number of halogens is 1. The Labute approximate surface area is 195 Å². The molecule has 0 fully saturated rings. The molecule has 4 aromatic heterocycles. The average Bonchev–Trinajstić information content (AvgIpc) is 3.54. The van der Waals surface area contributed by atoms with Crippen molar-refractivity contribution in [3.05, 3.63) is 75.1 Å². The van der Waals surface area contributed by atoms with Crippen molar-refractivity contribution in [1.82, 2.24) is 25.1 Å². The van der Waals surface area contributed by atoms with Crippen molar-refractivity contribution in [2.45, 2.75) is 23.9 Å². The van der Waals surface area contributed by atoms with Gasteiger partial charge in [0.05, 0.1) is 16.9 Å². The van der Waals surface area contributed by atoms with Gasteiger partial charge in [-0.05, 0) is 43.3 Å². The molecule has 162 valence electrons. The van der Waals surface area contributed by atoms with E-state index in [1.165, 1.54) is 23.1 Å². The highest BCUT2D eigenvalue weighted by Gasteiger charge is 2.19. The molecule has 5 rings (SSSR count). The van der Waals surface area contributed by atoms with Gasteiger partial charge < -0.3 is 14.1 Å². The van der Waals surface area contributed by atoms with Crippen molar-refractivity contribution >= 4 is 44.9 Å². The number of furan rings is 1. The normalized spacial score (nSPS) is 12.3. The predicted octanol–water partition coefficient (Wildman–Crippen LogP) is 5.45. The minimum atomic E-state index is -0.197. The molecule has 1 unspecified atom stereocenters. The zero-order valence-corrected chi connectivity index (χ0v) is 19.1. The van der Waals surface area contributed by atoms with Crippen LogP contribution < -0.4 is 10.3 Å². The summed E-state index contributed by atoms with van der Waals surface area (Å²) in [4.78, 5) is 25.4. The van der Waals surface area contributed by atoms with E-state index in [1.807, 2.05) is 18.4 Å². The second kappa shape index (κ2) is 8.81. The molecule has 5 aromatic rings. The van der Waals surface area contributed by atoms with Crippen molar-refractivity contribution in [1.29, 1.82) is 0 Å². The van der Waals surface area contributed by atoms with E-state index in [0.29, 0.717) is 43.6 Å². The number of benzene rings is 1. The first-order chi connectivity index (χ1) is 15.6. The largest absolute Gasteiger partial charge is 0.486 e. The number of H-pyrrole nitrogens is 2. The summed E-state index contributed by atoms with van der Waals surface area (Å²) >= 11 is 8.68. The van der Waals surface area contributed by atoms with Gasteiger partial charge in [-0.2, -0.15) is 0 Å². The Kier molecular flexibility index (Phi) is 5.73. The lowest BCUT2D eigenvalue weighted by Crippen LogP contribution is -2.12. The highest BCUT2D eigenvalue weighted by molar-refractivity contribution is 7.99. The van der Waals surface area contributed by atoms with Crippen LogP contribution in [0.15, 0.2) is 62.4 Å². The quantitative estimate of drug-likeness (QED) is 0.295. The Morgan fingerprint density at radius 1 is 1.25 bits per heavy atom. The van der Waals surface area contributed by atoms with E-state index in [-0.39, 0.29) is 17.4 Å². The molecular formula is C21H16ClN5O3S2. The summed E-state index contributed by atoms with van der Waals surface area (Å²) in [5, 5.41) is 10.5. The number of fused-ring (bicyclic) bond motifs is 1. The number of thiophene rings is 1. The standard InChI is InChI=1S/C21H16ClN5O3S2/c1-11(32-21-23-16(26-27-21)9-30-13-6-4-12(22)5-7-13)18-24-19(28)17-14(10-31-20(17)25-18)15-3-2-8-29-15/h2-8,10-11H,9H2,1H3,(H,23,26,27)(H,24,25,28). The molecule has 0 aliphatic rings. The monoisotopic (exact) mass is 485 g/mol. The van der Waals surface area contributed by atoms with Gasteiger partial charge >= 0.3 is 0 Å². The number of nitrogens with one attached hydrogen (secondary N) is 2. The summed E-state index contributed by atoms with van der Waals surface area (Å²) in [5.74, 6) is 2.48. The minimum Gasteiger partial charge on any atom is -0.486 e. The Hall–Kier alpha value is -3.08. The number of hydrogen-bond donors (Lipinski definition) is 2. The lowest BCUT2D eigenvalue weighted by molar-refractivity contribution is 0.296. The van der Waals surface area contributed by atoms with E-state index in [2.05, 4.69) is 25.1 Å². The number of nitrogens with zero attached hydrogens (tertiary/aromatic N) is 3. The van der Waals surface area contributed by atoms with Crippen LogP contribution >= 0.6 is 34.7 Å². The van der Waals surface area contributed by atoms with Crippen LogP contribution in [0.3, 0.4) is 0 Å². The van der Waals surface area contributed by atoms with Crippen LogP contribution in [-0.2, 0) is 6.61 Å². The fourth-order valence-corrected chi connectivity index (χ4v) is 4.92. The van der Waals surface area contributed by atoms with Crippen LogP contribution in [-0.4, -0.2) is 25.1 Å². The van der Waals surface area contributed by atoms with E-state index in [1.54, 1.807) is 36.6 Å². The van der Waals surface area contributed by atoms with Crippen molar-refractivity contribution < 1.29 is 9.15 Å². The number of hydrogen-bond acceptors (Lipinski definition) is 8. The van der Waals surface area contributed by atoms with Gasteiger partial charge in [-0.1, -0.05) is 23.4 Å². The smallest absolute Gasteiger partial charge is 0.260 e. The molecule has 0 saturated carbocycles. The van der Waals surface area contributed by atoms with E-state index in [0.717, 1.165) is 5.56 Å². The summed E-state index contributed by atoms with van der Waals surface area (Å²) in [6, 6.07) is 10.7. The van der Waals surface area contributed by atoms with Gasteiger partial charge in [-0.25, -0.2) is 9.97 Å². The Balaban J connectivity index is 1.29. The summed E-state index contributed by atoms with van der Waals surface area (Å²) in [6.07, 6.45) is 1.58. The highest BCUT2D eigenvalue weighted by Crippen LogP contribution is 2.34. The van der Waals surface area contributed by atoms with Crippen LogP contribution in [0.2, 0.25) is 5.02 Å². The van der Waals surface area contributed by atoms with Crippen LogP contribution in [0.1, 0.15) is 23.8 Å². The minimum absolute atomic E-state index is 0.165. The first-order valence-electron chi connectivity index (χ1n) is 9.58. The molecule has 32 heavy (non-hydrogen) atoms. The fraction of sp³-hybridized carbons (Fsp3) is 0.143. The lowest BCUT2D eigenvalue weighted by atomic mass is 10.2. The summed E-state index contributed by atoms with van der Waals surface area (Å²) in [6.45, 7) is 2.19. The number of aromatic amines is 2. The number of thioether (sulfide) groups is 1. The molecule has 0 bridgehead atoms. The van der Waals surface area contributed by atoms with Gasteiger partial charge in [0, 0.05) is 16.0 Å². The SMILES string of the molecule is CC(Sc1n[nH]c(COc2ccc(Cl)cc2)n1)c1nc2scc(-c3ccco3)c2c(=O)[nH]1. The molecule has 0 aliphatic heterocycles. The van der Waals surface area contributed by atoms with E-state index in [4.69, 9.17) is 20.8 Å². The maximum Gasteiger partial charge on any atom is 0.260 e. The summed E-state index contributed by atoms with van der Waals surface area (Å²) in [7, 11) is 0. The van der Waals surface area contributed by atoms with Crippen molar-refractivity contribution in [3.8, 4) is 17.1 Å². The maximum absolute atomic E-state index is 12.8. The molecule has 2 N–H and O–H groups in total. The number of aromatic nitrogens is 5. The van der Waals surface area contributed by atoms with Gasteiger partial charge in [-0.3, -0.25) is 9.89 Å². The van der Waals surface area contributed by atoms with Crippen molar-refractivity contribution in [2.24, 2.45) is 0 Å². The average molecular weight is 486 g/mol. The lowest BCUT2D eigenvalue weighted by Gasteiger charge is -2.08. The van der Waals surface area contributed by atoms with E-state index in [9.17, 15) is 4.79 Å². The van der Waals surface area contributed by atoms with Gasteiger partial charge in [-0.15, -0.1) is 16.4 Å². The number of ether oxygens (including phenoxy) is 1. The van der Waals surface area contributed by atoms with Gasteiger partial charge in [0.25, 0.3) is 5.56 Å². The third kappa shape index (κ3) is 4.29. The fourth-order valence-electron chi connectivity index (χ4n) is 3.06. The summed E-state index contributed by atoms with van der Waals surface area (Å²) < 4.78 is 11.1. The zero-order valence-electron chi connectivity index (χ0n) is 16.7. The molecule has 11 heteroatoms. The van der Waals surface area contributed by atoms with Crippen LogP contribution in [0.5, 0.6) is 5.75 Å². The van der Waals surface area contributed by atoms with E-state index < -0.39 is 0 Å². The van der Waals surface area contributed by atoms with Crippen LogP contribution in [0, 0.1) is 0 Å². The molecular weight excluding hydrogens is 470 g/mol. The van der Waals surface area contributed by atoms with Gasteiger partial charge in [0.1, 0.15) is 28.8 Å². The first kappa shape index (κ1) is 20.8.